The van der Waals surface area contributed by atoms with Crippen molar-refractivity contribution in [2.75, 3.05) is 0 Å². The van der Waals surface area contributed by atoms with Crippen molar-refractivity contribution < 1.29 is 10.1 Å². The first-order valence-corrected chi connectivity index (χ1v) is 6.07. The van der Waals surface area contributed by atoms with Crippen LogP contribution in [0.2, 0.25) is 0 Å². The van der Waals surface area contributed by atoms with Crippen LogP contribution in [0.5, 0.6) is 0 Å². The third-order valence-electron chi connectivity index (χ3n) is 2.30. The molecule has 0 radical (unpaired) electrons. The second-order valence-electron chi connectivity index (χ2n) is 3.46. The summed E-state index contributed by atoms with van der Waals surface area (Å²) in [5.74, 6) is 0. The summed E-state index contributed by atoms with van der Waals surface area (Å²) >= 11 is 8.98. The van der Waals surface area contributed by atoms with E-state index in [4.69, 9.17) is 16.8 Å². The summed E-state index contributed by atoms with van der Waals surface area (Å²) in [6.07, 6.45) is 2.45. The highest BCUT2D eigenvalue weighted by Gasteiger charge is 2.12. The molecule has 2 rings (SSSR count). The van der Waals surface area contributed by atoms with Gasteiger partial charge in [-0.05, 0) is 34.1 Å². The lowest BCUT2D eigenvalue weighted by molar-refractivity contribution is -0.384. The minimum atomic E-state index is -0.527. The molecule has 0 unspecified atom stereocenters. The van der Waals surface area contributed by atoms with Gasteiger partial charge in [0.1, 0.15) is 12.4 Å². The first kappa shape index (κ1) is 13.5. The molecule has 7 nitrogen and oxygen atoms in total. The van der Waals surface area contributed by atoms with E-state index < -0.39 is 4.92 Å². The van der Waals surface area contributed by atoms with E-state index in [1.165, 1.54) is 10.9 Å². The number of halogens is 2. The zero-order chi connectivity index (χ0) is 14.0. The average molecular weight is 346 g/mol. The molecule has 2 aromatic rings. The van der Waals surface area contributed by atoms with Crippen molar-refractivity contribution in [2.24, 2.45) is 5.16 Å². The molecule has 19 heavy (non-hydrogen) atoms. The molecule has 0 saturated carbocycles. The normalized spacial score (nSPS) is 11.6. The van der Waals surface area contributed by atoms with Crippen molar-refractivity contribution in [3.63, 3.8) is 0 Å². The Morgan fingerprint density at radius 3 is 2.84 bits per heavy atom. The van der Waals surface area contributed by atoms with E-state index in [9.17, 15) is 10.1 Å². The fraction of sp³-hybridized carbons (Fsp3) is 0. The zero-order valence-corrected chi connectivity index (χ0v) is 11.5. The number of aromatic nitrogens is 2. The van der Waals surface area contributed by atoms with E-state index in [-0.39, 0.29) is 10.9 Å². The number of hydrogen-bond donors (Lipinski definition) is 1. The molecule has 0 atom stereocenters. The van der Waals surface area contributed by atoms with Gasteiger partial charge >= 0.3 is 5.69 Å². The van der Waals surface area contributed by atoms with Gasteiger partial charge in [0.25, 0.3) is 0 Å². The van der Waals surface area contributed by atoms with Crippen molar-refractivity contribution in [3.05, 3.63) is 50.7 Å². The van der Waals surface area contributed by atoms with Gasteiger partial charge < -0.3 is 5.21 Å². The summed E-state index contributed by atoms with van der Waals surface area (Å²) in [6.45, 7) is 0. The Labute approximate surface area is 120 Å². The van der Waals surface area contributed by atoms with Gasteiger partial charge in [0.05, 0.1) is 10.6 Å². The minimum absolute atomic E-state index is 0.0568. The van der Waals surface area contributed by atoms with Gasteiger partial charge in [-0.25, -0.2) is 4.68 Å². The first-order chi connectivity index (χ1) is 9.02. The fourth-order valence-corrected chi connectivity index (χ4v) is 2.10. The summed E-state index contributed by atoms with van der Waals surface area (Å²) < 4.78 is 1.96. The monoisotopic (exact) mass is 344 g/mol. The number of oxime groups is 1. The van der Waals surface area contributed by atoms with Crippen molar-refractivity contribution >= 4 is 38.4 Å². The molecular weight excluding hydrogens is 339 g/mol. The summed E-state index contributed by atoms with van der Waals surface area (Å²) in [7, 11) is 0. The molecule has 1 aromatic carbocycles. The Kier molecular flexibility index (Phi) is 3.82. The Bertz CT molecular complexity index is 671. The van der Waals surface area contributed by atoms with Crippen molar-refractivity contribution in [2.45, 2.75) is 0 Å². The van der Waals surface area contributed by atoms with E-state index in [1.807, 2.05) is 0 Å². The molecule has 0 bridgehead atoms. The highest BCUT2D eigenvalue weighted by atomic mass is 79.9. The van der Waals surface area contributed by atoms with Crippen molar-refractivity contribution in [1.29, 1.82) is 0 Å². The van der Waals surface area contributed by atoms with Gasteiger partial charge in [0.2, 0.25) is 0 Å². The highest BCUT2D eigenvalue weighted by molar-refractivity contribution is 9.10. The second-order valence-corrected chi connectivity index (χ2v) is 4.67. The Hall–Kier alpha value is -1.93. The largest absolute Gasteiger partial charge is 0.410 e. The molecule has 98 valence electrons. The predicted octanol–water partition coefficient (Wildman–Crippen LogP) is 2.92. The van der Waals surface area contributed by atoms with Gasteiger partial charge in [-0.15, -0.1) is 0 Å². The summed E-state index contributed by atoms with van der Waals surface area (Å²) in [5.41, 5.74) is 0.992. The van der Waals surface area contributed by atoms with Gasteiger partial charge in [-0.3, -0.25) is 10.1 Å². The van der Waals surface area contributed by atoms with Gasteiger partial charge in [-0.2, -0.15) is 5.10 Å². The van der Waals surface area contributed by atoms with Crippen LogP contribution in [0, 0.1) is 10.1 Å². The average Bonchev–Trinajstić information content (AvgIpc) is 2.87. The van der Waals surface area contributed by atoms with Crippen molar-refractivity contribution in [3.8, 4) is 5.69 Å². The number of benzene rings is 1. The molecule has 9 heteroatoms. The second kappa shape index (κ2) is 5.37. The molecule has 1 heterocycles. The van der Waals surface area contributed by atoms with Crippen LogP contribution in [0.3, 0.4) is 0 Å². The van der Waals surface area contributed by atoms with Gasteiger partial charge in [-0.1, -0.05) is 16.8 Å². The van der Waals surface area contributed by atoms with Crippen LogP contribution in [-0.2, 0) is 0 Å². The molecule has 1 N–H and O–H groups in total. The molecule has 0 saturated heterocycles. The quantitative estimate of drug-likeness (QED) is 0.400. The fourth-order valence-electron chi connectivity index (χ4n) is 1.42. The SMILES string of the molecule is O=[N+]([O-])c1cnn(-c2ccc(/C(Cl)=N/O)cc2Br)c1. The molecule has 0 aliphatic carbocycles. The number of hydrogen-bond acceptors (Lipinski definition) is 5. The standard InChI is InChI=1S/C10H6BrClN4O3/c11-8-3-6(10(12)14-17)1-2-9(8)15-5-7(4-13-15)16(18)19/h1-5,17H/b14-10-. The molecule has 0 amide bonds. The van der Waals surface area contributed by atoms with Gasteiger partial charge in [0, 0.05) is 10.0 Å². The van der Waals surface area contributed by atoms with E-state index in [0.29, 0.717) is 15.7 Å². The lowest BCUT2D eigenvalue weighted by Crippen LogP contribution is -1.98. The summed E-state index contributed by atoms with van der Waals surface area (Å²) in [4.78, 5) is 10.1. The third kappa shape index (κ3) is 2.74. The highest BCUT2D eigenvalue weighted by Crippen LogP contribution is 2.24. The molecule has 0 aliphatic rings. The van der Waals surface area contributed by atoms with Gasteiger partial charge in [0.15, 0.2) is 5.17 Å². The Morgan fingerprint density at radius 2 is 2.32 bits per heavy atom. The maximum Gasteiger partial charge on any atom is 0.307 e. The van der Waals surface area contributed by atoms with Crippen LogP contribution >= 0.6 is 27.5 Å². The smallest absolute Gasteiger partial charge is 0.307 e. The van der Waals surface area contributed by atoms with Crippen LogP contribution in [0.15, 0.2) is 40.2 Å². The van der Waals surface area contributed by atoms with Crippen LogP contribution in [0.1, 0.15) is 5.56 Å². The van der Waals surface area contributed by atoms with E-state index in [0.717, 1.165) is 6.20 Å². The van der Waals surface area contributed by atoms with Crippen LogP contribution in [0.4, 0.5) is 5.69 Å². The zero-order valence-electron chi connectivity index (χ0n) is 9.20. The predicted molar refractivity (Wildman–Crippen MR) is 72.1 cm³/mol. The molecule has 1 aromatic heterocycles. The third-order valence-corrected chi connectivity index (χ3v) is 3.23. The van der Waals surface area contributed by atoms with Crippen LogP contribution in [0.25, 0.3) is 5.69 Å². The number of rotatable bonds is 3. The van der Waals surface area contributed by atoms with Crippen LogP contribution in [-0.4, -0.2) is 25.1 Å². The minimum Gasteiger partial charge on any atom is -0.410 e. The number of nitrogens with zero attached hydrogens (tertiary/aromatic N) is 4. The van der Waals surface area contributed by atoms with E-state index >= 15 is 0 Å². The topological polar surface area (TPSA) is 93.5 Å². The van der Waals surface area contributed by atoms with E-state index in [1.54, 1.807) is 18.2 Å². The van der Waals surface area contributed by atoms with Crippen molar-refractivity contribution in [1.82, 2.24) is 9.78 Å². The molecule has 0 aliphatic heterocycles. The maximum absolute atomic E-state index is 10.6. The van der Waals surface area contributed by atoms with Crippen LogP contribution < -0.4 is 0 Å². The Morgan fingerprint density at radius 1 is 1.58 bits per heavy atom. The molecular formula is C10H6BrClN4O3. The summed E-state index contributed by atoms with van der Waals surface area (Å²) in [5, 5.41) is 25.9. The Balaban J connectivity index is 2.43. The maximum atomic E-state index is 10.6. The lowest BCUT2D eigenvalue weighted by atomic mass is 10.2. The first-order valence-electron chi connectivity index (χ1n) is 4.90. The van der Waals surface area contributed by atoms with E-state index in [2.05, 4.69) is 26.2 Å². The lowest BCUT2D eigenvalue weighted by Gasteiger charge is -2.05. The molecule has 0 spiro atoms. The molecule has 0 fully saturated rings. The summed E-state index contributed by atoms with van der Waals surface area (Å²) in [6, 6.07) is 4.87. The number of nitro groups is 1.